The van der Waals surface area contributed by atoms with E-state index in [4.69, 9.17) is 0 Å². The SMILES string of the molecule is C=C(c1ccc(C)cc1)S(=O)(=O)C(F)(F)F. The van der Waals surface area contributed by atoms with Crippen LogP contribution in [0.4, 0.5) is 13.2 Å². The fraction of sp³-hybridized carbons (Fsp3) is 0.200. The zero-order valence-corrected chi connectivity index (χ0v) is 9.19. The summed E-state index contributed by atoms with van der Waals surface area (Å²) in [6, 6.07) is 5.63. The number of aryl methyl sites for hydroxylation is 1. The molecule has 0 bridgehead atoms. The highest BCUT2D eigenvalue weighted by Gasteiger charge is 2.47. The molecule has 0 N–H and O–H groups in total. The van der Waals surface area contributed by atoms with Gasteiger partial charge in [-0.25, -0.2) is 8.42 Å². The molecule has 0 aromatic heterocycles. The number of hydrogen-bond donors (Lipinski definition) is 0. The van der Waals surface area contributed by atoms with Crippen molar-refractivity contribution in [2.45, 2.75) is 12.4 Å². The Kier molecular flexibility index (Phi) is 3.14. The molecule has 0 aliphatic heterocycles. The maximum absolute atomic E-state index is 12.2. The molecular weight excluding hydrogens is 241 g/mol. The van der Waals surface area contributed by atoms with Crippen LogP contribution in [-0.2, 0) is 9.84 Å². The molecule has 0 aliphatic carbocycles. The van der Waals surface area contributed by atoms with Crippen LogP contribution in [0.3, 0.4) is 0 Å². The number of sulfone groups is 1. The zero-order chi connectivity index (χ0) is 12.6. The minimum absolute atomic E-state index is 0.0528. The van der Waals surface area contributed by atoms with Crippen LogP contribution in [0.2, 0.25) is 0 Å². The molecule has 0 spiro atoms. The van der Waals surface area contributed by atoms with Gasteiger partial charge in [0.1, 0.15) is 0 Å². The van der Waals surface area contributed by atoms with Gasteiger partial charge in [-0.2, -0.15) is 13.2 Å². The van der Waals surface area contributed by atoms with Gasteiger partial charge in [0.05, 0.1) is 4.91 Å². The normalized spacial score (nSPS) is 12.5. The summed E-state index contributed by atoms with van der Waals surface area (Å²) in [5, 5.41) is 0. The predicted octanol–water partition coefficient (Wildman–Crippen LogP) is 2.90. The molecular formula is C10H9F3O2S. The van der Waals surface area contributed by atoms with Crippen LogP contribution in [0.25, 0.3) is 4.91 Å². The van der Waals surface area contributed by atoms with Crippen LogP contribution in [0.15, 0.2) is 30.8 Å². The van der Waals surface area contributed by atoms with Gasteiger partial charge in [-0.3, -0.25) is 0 Å². The molecule has 0 radical (unpaired) electrons. The van der Waals surface area contributed by atoms with E-state index in [9.17, 15) is 21.6 Å². The molecule has 0 unspecified atom stereocenters. The summed E-state index contributed by atoms with van der Waals surface area (Å²) < 4.78 is 58.6. The van der Waals surface area contributed by atoms with Crippen molar-refractivity contribution in [3.63, 3.8) is 0 Å². The van der Waals surface area contributed by atoms with Crippen molar-refractivity contribution >= 4 is 14.7 Å². The first-order valence-corrected chi connectivity index (χ1v) is 5.72. The second-order valence-corrected chi connectivity index (χ2v) is 5.20. The summed E-state index contributed by atoms with van der Waals surface area (Å²) >= 11 is 0. The van der Waals surface area contributed by atoms with E-state index in [2.05, 4.69) is 6.58 Å². The lowest BCUT2D eigenvalue weighted by Crippen LogP contribution is -2.23. The number of rotatable bonds is 2. The van der Waals surface area contributed by atoms with E-state index in [0.29, 0.717) is 0 Å². The molecule has 1 aromatic rings. The third kappa shape index (κ3) is 2.27. The van der Waals surface area contributed by atoms with E-state index in [1.807, 2.05) is 0 Å². The van der Waals surface area contributed by atoms with E-state index in [1.165, 1.54) is 24.3 Å². The van der Waals surface area contributed by atoms with E-state index in [-0.39, 0.29) is 5.56 Å². The van der Waals surface area contributed by atoms with E-state index in [0.717, 1.165) is 5.56 Å². The molecule has 1 rings (SSSR count). The molecule has 0 amide bonds. The second kappa shape index (κ2) is 3.93. The number of benzene rings is 1. The van der Waals surface area contributed by atoms with E-state index in [1.54, 1.807) is 6.92 Å². The molecule has 0 fully saturated rings. The van der Waals surface area contributed by atoms with Crippen molar-refractivity contribution in [2.75, 3.05) is 0 Å². The highest BCUT2D eigenvalue weighted by molar-refractivity contribution is 8.01. The Balaban J connectivity index is 3.19. The minimum Gasteiger partial charge on any atom is -0.214 e. The fourth-order valence-electron chi connectivity index (χ4n) is 1.03. The predicted molar refractivity (Wildman–Crippen MR) is 55.2 cm³/mol. The van der Waals surface area contributed by atoms with Gasteiger partial charge in [-0.05, 0) is 12.5 Å². The van der Waals surface area contributed by atoms with Gasteiger partial charge < -0.3 is 0 Å². The Morgan fingerprint density at radius 2 is 1.62 bits per heavy atom. The Morgan fingerprint density at radius 3 is 2.00 bits per heavy atom. The Morgan fingerprint density at radius 1 is 1.19 bits per heavy atom. The van der Waals surface area contributed by atoms with Crippen molar-refractivity contribution in [2.24, 2.45) is 0 Å². The molecule has 88 valence electrons. The molecule has 0 saturated carbocycles. The highest BCUT2D eigenvalue weighted by atomic mass is 32.2. The Labute approximate surface area is 91.3 Å². The summed E-state index contributed by atoms with van der Waals surface area (Å²) in [4.78, 5) is -0.931. The van der Waals surface area contributed by atoms with Crippen LogP contribution in [-0.4, -0.2) is 13.9 Å². The molecule has 6 heteroatoms. The van der Waals surface area contributed by atoms with Crippen molar-refractivity contribution in [1.82, 2.24) is 0 Å². The van der Waals surface area contributed by atoms with E-state index >= 15 is 0 Å². The van der Waals surface area contributed by atoms with Gasteiger partial charge in [-0.1, -0.05) is 36.4 Å². The van der Waals surface area contributed by atoms with Crippen LogP contribution < -0.4 is 0 Å². The summed E-state index contributed by atoms with van der Waals surface area (Å²) in [5.41, 5.74) is -4.54. The largest absolute Gasteiger partial charge is 0.501 e. The van der Waals surface area contributed by atoms with Crippen LogP contribution in [0.1, 0.15) is 11.1 Å². The van der Waals surface area contributed by atoms with E-state index < -0.39 is 20.3 Å². The first-order chi connectivity index (χ1) is 7.16. The fourth-order valence-corrected chi connectivity index (χ4v) is 1.76. The average molecular weight is 250 g/mol. The Hall–Kier alpha value is -1.30. The van der Waals surface area contributed by atoms with Gasteiger partial charge in [0.15, 0.2) is 0 Å². The van der Waals surface area contributed by atoms with Crippen LogP contribution in [0.5, 0.6) is 0 Å². The Bertz CT molecular complexity index is 498. The van der Waals surface area contributed by atoms with Gasteiger partial charge >= 0.3 is 5.51 Å². The monoisotopic (exact) mass is 250 g/mol. The van der Waals surface area contributed by atoms with Crippen molar-refractivity contribution in [3.8, 4) is 0 Å². The van der Waals surface area contributed by atoms with Crippen molar-refractivity contribution in [1.29, 1.82) is 0 Å². The van der Waals surface area contributed by atoms with Gasteiger partial charge in [0, 0.05) is 0 Å². The first kappa shape index (κ1) is 12.8. The lowest BCUT2D eigenvalue weighted by molar-refractivity contribution is -0.0420. The van der Waals surface area contributed by atoms with Crippen molar-refractivity contribution in [3.05, 3.63) is 42.0 Å². The third-order valence-corrected chi connectivity index (χ3v) is 3.50. The van der Waals surface area contributed by atoms with Crippen LogP contribution in [0, 0.1) is 6.92 Å². The van der Waals surface area contributed by atoms with Gasteiger partial charge in [0.25, 0.3) is 9.84 Å². The highest BCUT2D eigenvalue weighted by Crippen LogP contribution is 2.33. The maximum atomic E-state index is 12.2. The second-order valence-electron chi connectivity index (χ2n) is 3.24. The molecule has 0 atom stereocenters. The topological polar surface area (TPSA) is 34.1 Å². The molecule has 0 aliphatic rings. The lowest BCUT2D eigenvalue weighted by atomic mass is 10.1. The molecule has 1 aromatic carbocycles. The minimum atomic E-state index is -5.34. The molecule has 0 saturated heterocycles. The molecule has 16 heavy (non-hydrogen) atoms. The quantitative estimate of drug-likeness (QED) is 0.808. The zero-order valence-electron chi connectivity index (χ0n) is 8.38. The van der Waals surface area contributed by atoms with Gasteiger partial charge in [0.2, 0.25) is 0 Å². The summed E-state index contributed by atoms with van der Waals surface area (Å²) in [5.74, 6) is 0. The number of hydrogen-bond acceptors (Lipinski definition) is 2. The van der Waals surface area contributed by atoms with Gasteiger partial charge in [-0.15, -0.1) is 0 Å². The summed E-state index contributed by atoms with van der Waals surface area (Å²) in [6.07, 6.45) is 0. The smallest absolute Gasteiger partial charge is 0.214 e. The summed E-state index contributed by atoms with van der Waals surface area (Å²) in [6.45, 7) is 4.73. The molecule has 0 heterocycles. The van der Waals surface area contributed by atoms with Crippen molar-refractivity contribution < 1.29 is 21.6 Å². The third-order valence-electron chi connectivity index (χ3n) is 2.00. The van der Waals surface area contributed by atoms with Crippen LogP contribution >= 0.6 is 0 Å². The summed E-state index contributed by atoms with van der Waals surface area (Å²) in [7, 11) is -5.34. The first-order valence-electron chi connectivity index (χ1n) is 4.23. The standard InChI is InChI=1S/C10H9F3O2S/c1-7-3-5-9(6-4-7)8(2)16(14,15)10(11,12)13/h3-6H,2H2,1H3. The number of alkyl halides is 3. The molecule has 2 nitrogen and oxygen atoms in total. The number of halogens is 3. The average Bonchev–Trinajstić information content (AvgIpc) is 2.16. The maximum Gasteiger partial charge on any atom is 0.501 e. The lowest BCUT2D eigenvalue weighted by Gasteiger charge is -2.10.